The first-order chi connectivity index (χ1) is 16.9. The van der Waals surface area contributed by atoms with Crippen molar-refractivity contribution in [3.05, 3.63) is 46.8 Å². The molecule has 9 nitrogen and oxygen atoms in total. The number of aromatic nitrogens is 4. The largest absolute Gasteiger partial charge is 0.492 e. The first kappa shape index (κ1) is 25.4. The maximum atomic E-state index is 12.7. The zero-order valence-corrected chi connectivity index (χ0v) is 21.7. The maximum Gasteiger partial charge on any atom is 0.253 e. The van der Waals surface area contributed by atoms with Gasteiger partial charge in [0, 0.05) is 49.3 Å². The second-order valence-corrected chi connectivity index (χ2v) is 9.62. The molecular weight excluding hydrogens is 464 g/mol. The number of rotatable bonds is 10. The highest BCUT2D eigenvalue weighted by molar-refractivity contribution is 7.98. The summed E-state index contributed by atoms with van der Waals surface area (Å²) in [5.74, 6) is 1.31. The molecule has 0 unspecified atom stereocenters. The number of aryl methyl sites for hydroxylation is 2. The van der Waals surface area contributed by atoms with Gasteiger partial charge in [0.25, 0.3) is 5.78 Å². The zero-order chi connectivity index (χ0) is 24.8. The van der Waals surface area contributed by atoms with Crippen LogP contribution in [0.5, 0.6) is 5.75 Å². The van der Waals surface area contributed by atoms with Crippen molar-refractivity contribution in [2.75, 3.05) is 39.7 Å². The van der Waals surface area contributed by atoms with Crippen LogP contribution in [-0.2, 0) is 22.5 Å². The number of hydrogen-bond donors (Lipinski definition) is 1. The van der Waals surface area contributed by atoms with Crippen LogP contribution in [0.25, 0.3) is 5.78 Å². The van der Waals surface area contributed by atoms with Gasteiger partial charge in [-0.1, -0.05) is 23.9 Å². The van der Waals surface area contributed by atoms with Gasteiger partial charge < -0.3 is 14.8 Å². The summed E-state index contributed by atoms with van der Waals surface area (Å²) < 4.78 is 13.1. The van der Waals surface area contributed by atoms with Crippen molar-refractivity contribution in [2.24, 2.45) is 0 Å². The van der Waals surface area contributed by atoms with Crippen molar-refractivity contribution >= 4 is 23.4 Å². The Labute approximate surface area is 210 Å². The Kier molecular flexibility index (Phi) is 8.59. The van der Waals surface area contributed by atoms with E-state index in [1.54, 1.807) is 4.52 Å². The molecule has 1 aliphatic rings. The molecule has 1 aromatic carbocycles. The fraction of sp³-hybridized carbons (Fsp3) is 0.520. The molecule has 1 aliphatic heterocycles. The minimum absolute atomic E-state index is 0.0630. The summed E-state index contributed by atoms with van der Waals surface area (Å²) in [5.41, 5.74) is 3.55. The van der Waals surface area contributed by atoms with E-state index in [0.29, 0.717) is 30.1 Å². The molecule has 0 atom stereocenters. The Hall–Kier alpha value is -2.69. The van der Waals surface area contributed by atoms with Crippen LogP contribution in [0.15, 0.2) is 29.4 Å². The molecule has 0 aliphatic carbocycles. The van der Waals surface area contributed by atoms with Crippen LogP contribution in [0.1, 0.15) is 35.4 Å². The van der Waals surface area contributed by atoms with Crippen LogP contribution in [-0.4, -0.2) is 76.1 Å². The van der Waals surface area contributed by atoms with Gasteiger partial charge in [0.2, 0.25) is 11.1 Å². The van der Waals surface area contributed by atoms with E-state index in [9.17, 15) is 4.79 Å². The SMILES string of the molecule is CSc1nc2nc(C)c(CC(=O)NCc3cccc(OCCN(C)C4CCOCC4)c3)c(C)n2n1. The lowest BCUT2D eigenvalue weighted by atomic mass is 10.1. The highest BCUT2D eigenvalue weighted by atomic mass is 32.2. The average molecular weight is 499 g/mol. The number of hydrogen-bond acceptors (Lipinski definition) is 8. The number of amides is 1. The van der Waals surface area contributed by atoms with Crippen LogP contribution in [0.2, 0.25) is 0 Å². The Balaban J connectivity index is 1.29. The van der Waals surface area contributed by atoms with E-state index >= 15 is 0 Å². The highest BCUT2D eigenvalue weighted by Gasteiger charge is 2.18. The molecular formula is C25H34N6O3S. The summed E-state index contributed by atoms with van der Waals surface area (Å²) in [4.78, 5) is 24.0. The van der Waals surface area contributed by atoms with Gasteiger partial charge in [-0.25, -0.2) is 9.50 Å². The Morgan fingerprint density at radius 3 is 2.86 bits per heavy atom. The third-order valence-electron chi connectivity index (χ3n) is 6.46. The van der Waals surface area contributed by atoms with E-state index < -0.39 is 0 Å². The van der Waals surface area contributed by atoms with Crippen molar-refractivity contribution in [2.45, 2.75) is 50.9 Å². The van der Waals surface area contributed by atoms with Gasteiger partial charge >= 0.3 is 0 Å². The Morgan fingerprint density at radius 1 is 1.29 bits per heavy atom. The number of nitrogens with zero attached hydrogens (tertiary/aromatic N) is 5. The molecule has 0 saturated carbocycles. The molecule has 1 N–H and O–H groups in total. The number of fused-ring (bicyclic) bond motifs is 1. The predicted octanol–water partition coefficient (Wildman–Crippen LogP) is 2.81. The number of nitrogens with one attached hydrogen (secondary N) is 1. The number of likely N-dealkylation sites (N-methyl/N-ethyl adjacent to an activating group) is 1. The smallest absolute Gasteiger partial charge is 0.253 e. The van der Waals surface area contributed by atoms with Crippen molar-refractivity contribution in [3.63, 3.8) is 0 Å². The number of thioether (sulfide) groups is 1. The second kappa shape index (κ2) is 11.8. The summed E-state index contributed by atoms with van der Waals surface area (Å²) in [5, 5.41) is 8.14. The van der Waals surface area contributed by atoms with Gasteiger partial charge in [-0.05, 0) is 57.7 Å². The van der Waals surface area contributed by atoms with Crippen molar-refractivity contribution in [3.8, 4) is 5.75 Å². The number of carbonyl (C=O) groups excluding carboxylic acids is 1. The molecule has 1 amide bonds. The molecule has 35 heavy (non-hydrogen) atoms. The fourth-order valence-electron chi connectivity index (χ4n) is 4.32. The van der Waals surface area contributed by atoms with Crippen LogP contribution in [0.4, 0.5) is 0 Å². The van der Waals surface area contributed by atoms with Crippen LogP contribution < -0.4 is 10.1 Å². The quantitative estimate of drug-likeness (QED) is 0.427. The first-order valence-corrected chi connectivity index (χ1v) is 13.2. The topological polar surface area (TPSA) is 93.9 Å². The Bertz CT molecular complexity index is 1160. The molecule has 3 aromatic rings. The van der Waals surface area contributed by atoms with Gasteiger partial charge in [0.15, 0.2) is 0 Å². The lowest BCUT2D eigenvalue weighted by molar-refractivity contribution is -0.120. The number of carbonyl (C=O) groups is 1. The lowest BCUT2D eigenvalue weighted by Gasteiger charge is -2.31. The molecule has 10 heteroatoms. The zero-order valence-electron chi connectivity index (χ0n) is 20.9. The third-order valence-corrected chi connectivity index (χ3v) is 7.00. The molecule has 4 rings (SSSR count). The van der Waals surface area contributed by atoms with Crippen LogP contribution in [0.3, 0.4) is 0 Å². The maximum absolute atomic E-state index is 12.7. The standard InChI is InChI=1S/C25H34N6O3S/c1-17-22(18(2)31-24(27-17)28-25(29-31)35-4)15-23(32)26-16-19-6-5-7-21(14-19)34-13-10-30(3)20-8-11-33-12-9-20/h5-7,14,20H,8-13,15-16H2,1-4H3,(H,26,32). The van der Waals surface area contributed by atoms with Crippen molar-refractivity contribution < 1.29 is 14.3 Å². The summed E-state index contributed by atoms with van der Waals surface area (Å²) >= 11 is 1.47. The minimum atomic E-state index is -0.0630. The first-order valence-electron chi connectivity index (χ1n) is 12.0. The summed E-state index contributed by atoms with van der Waals surface area (Å²) in [6, 6.07) is 8.45. The van der Waals surface area contributed by atoms with E-state index in [0.717, 1.165) is 60.9 Å². The highest BCUT2D eigenvalue weighted by Crippen LogP contribution is 2.18. The van der Waals surface area contributed by atoms with E-state index in [1.807, 2.05) is 44.4 Å². The predicted molar refractivity (Wildman–Crippen MR) is 136 cm³/mol. The van der Waals surface area contributed by atoms with Gasteiger partial charge in [0.1, 0.15) is 12.4 Å². The average Bonchev–Trinajstić information content (AvgIpc) is 3.29. The van der Waals surface area contributed by atoms with Gasteiger partial charge in [-0.15, -0.1) is 5.10 Å². The summed E-state index contributed by atoms with van der Waals surface area (Å²) in [6.07, 6.45) is 4.32. The molecule has 3 heterocycles. The van der Waals surface area contributed by atoms with Gasteiger partial charge in [-0.2, -0.15) is 4.98 Å². The second-order valence-electron chi connectivity index (χ2n) is 8.85. The molecule has 2 aromatic heterocycles. The molecule has 0 spiro atoms. The molecule has 1 saturated heterocycles. The lowest BCUT2D eigenvalue weighted by Crippen LogP contribution is -2.38. The Morgan fingerprint density at radius 2 is 2.09 bits per heavy atom. The molecule has 0 bridgehead atoms. The van der Waals surface area contributed by atoms with Crippen molar-refractivity contribution in [1.82, 2.24) is 29.8 Å². The summed E-state index contributed by atoms with van der Waals surface area (Å²) in [7, 11) is 2.15. The fourth-order valence-corrected chi connectivity index (χ4v) is 4.65. The van der Waals surface area contributed by atoms with Crippen LogP contribution >= 0.6 is 11.8 Å². The summed E-state index contributed by atoms with van der Waals surface area (Å²) in [6.45, 7) is 7.46. The monoisotopic (exact) mass is 498 g/mol. The third kappa shape index (κ3) is 6.50. The number of ether oxygens (including phenoxy) is 2. The van der Waals surface area contributed by atoms with Crippen molar-refractivity contribution in [1.29, 1.82) is 0 Å². The van der Waals surface area contributed by atoms with Crippen LogP contribution in [0, 0.1) is 13.8 Å². The normalized spacial score (nSPS) is 14.5. The van der Waals surface area contributed by atoms with E-state index in [4.69, 9.17) is 9.47 Å². The van der Waals surface area contributed by atoms with E-state index in [2.05, 4.69) is 32.3 Å². The minimum Gasteiger partial charge on any atom is -0.492 e. The van der Waals surface area contributed by atoms with Gasteiger partial charge in [0.05, 0.1) is 6.42 Å². The van der Waals surface area contributed by atoms with Gasteiger partial charge in [-0.3, -0.25) is 9.69 Å². The molecule has 0 radical (unpaired) electrons. The molecule has 188 valence electrons. The molecule has 1 fully saturated rings. The van der Waals surface area contributed by atoms with E-state index in [1.165, 1.54) is 11.8 Å². The number of benzene rings is 1. The van der Waals surface area contributed by atoms with E-state index in [-0.39, 0.29) is 12.3 Å².